The van der Waals surface area contributed by atoms with Gasteiger partial charge < -0.3 is 14.4 Å². The molecular weight excluding hydrogens is 246 g/mol. The van der Waals surface area contributed by atoms with Gasteiger partial charge in [-0.25, -0.2) is 4.79 Å². The molecule has 1 aromatic rings. The van der Waals surface area contributed by atoms with Crippen LogP contribution in [-0.2, 0) is 14.3 Å². The minimum atomic E-state index is -0.356. The maximum Gasteiger partial charge on any atom is 0.337 e. The van der Waals surface area contributed by atoms with Crippen molar-refractivity contribution in [3.63, 3.8) is 0 Å². The van der Waals surface area contributed by atoms with Crippen molar-refractivity contribution in [2.24, 2.45) is 5.92 Å². The highest BCUT2D eigenvalue weighted by atomic mass is 16.5. The molecule has 1 saturated heterocycles. The van der Waals surface area contributed by atoms with Crippen LogP contribution in [0.4, 0.5) is 5.69 Å². The number of rotatable bonds is 3. The highest BCUT2D eigenvalue weighted by Crippen LogP contribution is 2.25. The number of hydrogen-bond acceptors (Lipinski definition) is 5. The first-order valence-electron chi connectivity index (χ1n) is 6.17. The van der Waals surface area contributed by atoms with Crippen molar-refractivity contribution >= 4 is 17.6 Å². The van der Waals surface area contributed by atoms with Crippen molar-refractivity contribution in [1.82, 2.24) is 0 Å². The molecule has 0 bridgehead atoms. The van der Waals surface area contributed by atoms with Crippen LogP contribution in [-0.4, -0.2) is 39.2 Å². The Hall–Kier alpha value is -2.04. The molecule has 0 N–H and O–H groups in total. The number of benzene rings is 1. The molecular formula is C14H17NO4. The monoisotopic (exact) mass is 263 g/mol. The maximum atomic E-state index is 11.5. The molecule has 1 aromatic carbocycles. The largest absolute Gasteiger partial charge is 0.469 e. The molecule has 0 amide bonds. The van der Waals surface area contributed by atoms with Crippen LogP contribution in [0.25, 0.3) is 0 Å². The van der Waals surface area contributed by atoms with Crippen molar-refractivity contribution in [3.05, 3.63) is 29.8 Å². The summed E-state index contributed by atoms with van der Waals surface area (Å²) in [5, 5.41) is 0. The lowest BCUT2D eigenvalue weighted by molar-refractivity contribution is -0.144. The summed E-state index contributed by atoms with van der Waals surface area (Å²) in [6.07, 6.45) is 0.773. The van der Waals surface area contributed by atoms with E-state index in [4.69, 9.17) is 9.47 Å². The Bertz CT molecular complexity index is 486. The highest BCUT2D eigenvalue weighted by molar-refractivity contribution is 5.90. The number of carbonyl (C=O) groups excluding carboxylic acids is 2. The van der Waals surface area contributed by atoms with Gasteiger partial charge in [0.1, 0.15) is 0 Å². The first kappa shape index (κ1) is 13.4. The van der Waals surface area contributed by atoms with E-state index in [1.807, 2.05) is 12.1 Å². The minimum Gasteiger partial charge on any atom is -0.469 e. The number of carbonyl (C=O) groups is 2. The SMILES string of the molecule is COC(=O)c1cccc(N2CCC(C(=O)OC)C2)c1. The fourth-order valence-corrected chi connectivity index (χ4v) is 2.30. The van der Waals surface area contributed by atoms with Gasteiger partial charge in [-0.05, 0) is 24.6 Å². The fraction of sp³-hybridized carbons (Fsp3) is 0.429. The molecule has 1 aliphatic heterocycles. The smallest absolute Gasteiger partial charge is 0.337 e. The molecule has 1 aliphatic rings. The van der Waals surface area contributed by atoms with Gasteiger partial charge in [0, 0.05) is 18.8 Å². The van der Waals surface area contributed by atoms with E-state index in [9.17, 15) is 9.59 Å². The summed E-state index contributed by atoms with van der Waals surface area (Å²) >= 11 is 0. The number of methoxy groups -OCH3 is 2. The second-order valence-corrected chi connectivity index (χ2v) is 4.50. The predicted molar refractivity (Wildman–Crippen MR) is 70.1 cm³/mol. The molecule has 0 aromatic heterocycles. The van der Waals surface area contributed by atoms with Gasteiger partial charge >= 0.3 is 11.9 Å². The summed E-state index contributed by atoms with van der Waals surface area (Å²) in [5.41, 5.74) is 1.44. The van der Waals surface area contributed by atoms with Crippen LogP contribution in [0.3, 0.4) is 0 Å². The molecule has 0 spiro atoms. The standard InChI is InChI=1S/C14H17NO4/c1-18-13(16)10-4-3-5-12(8-10)15-7-6-11(9-15)14(17)19-2/h3-5,8,11H,6-7,9H2,1-2H3. The minimum absolute atomic E-state index is 0.0909. The highest BCUT2D eigenvalue weighted by Gasteiger charge is 2.29. The second kappa shape index (κ2) is 5.73. The van der Waals surface area contributed by atoms with E-state index in [0.717, 1.165) is 18.7 Å². The van der Waals surface area contributed by atoms with Gasteiger partial charge in [-0.15, -0.1) is 0 Å². The van der Waals surface area contributed by atoms with Crippen LogP contribution >= 0.6 is 0 Å². The Morgan fingerprint density at radius 2 is 2.05 bits per heavy atom. The number of hydrogen-bond donors (Lipinski definition) is 0. The van der Waals surface area contributed by atoms with E-state index < -0.39 is 0 Å². The first-order valence-corrected chi connectivity index (χ1v) is 6.17. The van der Waals surface area contributed by atoms with Crippen LogP contribution in [0.5, 0.6) is 0 Å². The summed E-state index contributed by atoms with van der Waals surface area (Å²) in [6.45, 7) is 1.40. The lowest BCUT2D eigenvalue weighted by Gasteiger charge is -2.18. The Morgan fingerprint density at radius 3 is 2.74 bits per heavy atom. The summed E-state index contributed by atoms with van der Waals surface area (Å²) in [4.78, 5) is 25.1. The average Bonchev–Trinajstić information content (AvgIpc) is 2.95. The Morgan fingerprint density at radius 1 is 1.26 bits per heavy atom. The molecule has 5 heteroatoms. The molecule has 0 saturated carbocycles. The summed E-state index contributed by atoms with van der Waals surface area (Å²) in [5.74, 6) is -0.621. The number of nitrogens with zero attached hydrogens (tertiary/aromatic N) is 1. The van der Waals surface area contributed by atoms with Crippen molar-refractivity contribution in [2.45, 2.75) is 6.42 Å². The summed E-state index contributed by atoms with van der Waals surface area (Å²) in [7, 11) is 2.76. The second-order valence-electron chi connectivity index (χ2n) is 4.50. The van der Waals surface area contributed by atoms with Crippen LogP contribution in [0, 0.1) is 5.92 Å². The van der Waals surface area contributed by atoms with Gasteiger partial charge in [0.05, 0.1) is 25.7 Å². The fourth-order valence-electron chi connectivity index (χ4n) is 2.30. The van der Waals surface area contributed by atoms with Gasteiger partial charge in [0.25, 0.3) is 0 Å². The van der Waals surface area contributed by atoms with Crippen LogP contribution in [0.1, 0.15) is 16.8 Å². The van der Waals surface area contributed by atoms with Crippen molar-refractivity contribution < 1.29 is 19.1 Å². The van der Waals surface area contributed by atoms with E-state index >= 15 is 0 Å². The van der Waals surface area contributed by atoms with Crippen molar-refractivity contribution in [3.8, 4) is 0 Å². The quantitative estimate of drug-likeness (QED) is 0.773. The molecule has 102 valence electrons. The molecule has 0 radical (unpaired) electrons. The topological polar surface area (TPSA) is 55.8 Å². The predicted octanol–water partition coefficient (Wildman–Crippen LogP) is 1.47. The number of esters is 2. The Kier molecular flexibility index (Phi) is 4.04. The Balaban J connectivity index is 2.11. The van der Waals surface area contributed by atoms with Crippen LogP contribution in [0.2, 0.25) is 0 Å². The number of ether oxygens (including phenoxy) is 2. The zero-order valence-corrected chi connectivity index (χ0v) is 11.1. The van der Waals surface area contributed by atoms with E-state index in [1.165, 1.54) is 14.2 Å². The third kappa shape index (κ3) is 2.86. The van der Waals surface area contributed by atoms with Gasteiger partial charge in [-0.1, -0.05) is 6.07 Å². The molecule has 1 unspecified atom stereocenters. The molecule has 5 nitrogen and oxygen atoms in total. The van der Waals surface area contributed by atoms with E-state index in [1.54, 1.807) is 12.1 Å². The number of anilines is 1. The zero-order chi connectivity index (χ0) is 13.8. The van der Waals surface area contributed by atoms with Gasteiger partial charge in [0.15, 0.2) is 0 Å². The lowest BCUT2D eigenvalue weighted by atomic mass is 10.1. The van der Waals surface area contributed by atoms with Crippen LogP contribution < -0.4 is 4.90 Å². The van der Waals surface area contributed by atoms with Crippen LogP contribution in [0.15, 0.2) is 24.3 Å². The zero-order valence-electron chi connectivity index (χ0n) is 11.1. The van der Waals surface area contributed by atoms with Crippen molar-refractivity contribution in [2.75, 3.05) is 32.2 Å². The summed E-state index contributed by atoms with van der Waals surface area (Å²) < 4.78 is 9.46. The molecule has 1 heterocycles. The van der Waals surface area contributed by atoms with E-state index in [0.29, 0.717) is 12.1 Å². The van der Waals surface area contributed by atoms with Gasteiger partial charge in [-0.2, -0.15) is 0 Å². The Labute approximate surface area is 112 Å². The van der Waals surface area contributed by atoms with E-state index in [-0.39, 0.29) is 17.9 Å². The molecule has 19 heavy (non-hydrogen) atoms. The lowest BCUT2D eigenvalue weighted by Crippen LogP contribution is -2.23. The average molecular weight is 263 g/mol. The van der Waals surface area contributed by atoms with E-state index in [2.05, 4.69) is 4.90 Å². The molecule has 1 fully saturated rings. The normalized spacial score (nSPS) is 18.2. The third-order valence-corrected chi connectivity index (χ3v) is 3.36. The molecule has 0 aliphatic carbocycles. The molecule has 2 rings (SSSR count). The first-order chi connectivity index (χ1) is 9.15. The summed E-state index contributed by atoms with van der Waals surface area (Å²) in [6, 6.07) is 7.23. The van der Waals surface area contributed by atoms with Crippen molar-refractivity contribution in [1.29, 1.82) is 0 Å². The van der Waals surface area contributed by atoms with Gasteiger partial charge in [-0.3, -0.25) is 4.79 Å². The molecule has 1 atom stereocenters. The maximum absolute atomic E-state index is 11.5. The van der Waals surface area contributed by atoms with Gasteiger partial charge in [0.2, 0.25) is 0 Å². The third-order valence-electron chi connectivity index (χ3n) is 3.36.